The molecule has 0 saturated heterocycles. The van der Waals surface area contributed by atoms with Gasteiger partial charge in [-0.15, -0.1) is 0 Å². The Bertz CT molecular complexity index is 712. The van der Waals surface area contributed by atoms with Crippen molar-refractivity contribution in [1.29, 1.82) is 0 Å². The second-order valence-electron chi connectivity index (χ2n) is 5.49. The Kier molecular flexibility index (Phi) is 4.41. The normalized spacial score (nSPS) is 17.1. The van der Waals surface area contributed by atoms with Crippen LogP contribution in [0.1, 0.15) is 23.2 Å². The van der Waals surface area contributed by atoms with Crippen molar-refractivity contribution in [3.05, 3.63) is 51.3 Å². The number of ether oxygens (including phenoxy) is 1. The summed E-state index contributed by atoms with van der Waals surface area (Å²) in [4.78, 5) is 11.8. The summed E-state index contributed by atoms with van der Waals surface area (Å²) in [5.41, 5.74) is 3.34. The van der Waals surface area contributed by atoms with Gasteiger partial charge < -0.3 is 4.74 Å². The van der Waals surface area contributed by atoms with E-state index in [2.05, 4.69) is 5.10 Å². The van der Waals surface area contributed by atoms with Crippen LogP contribution in [0.15, 0.2) is 24.4 Å². The number of fused-ring (bicyclic) bond motifs is 1. The monoisotopic (exact) mass is 338 g/mol. The van der Waals surface area contributed by atoms with E-state index in [4.69, 9.17) is 27.9 Å². The molecule has 0 aliphatic heterocycles. The third-order valence-electron chi connectivity index (χ3n) is 4.09. The molecule has 0 saturated carbocycles. The van der Waals surface area contributed by atoms with Crippen molar-refractivity contribution in [3.8, 4) is 0 Å². The molecule has 1 heterocycles. The summed E-state index contributed by atoms with van der Waals surface area (Å²) in [5, 5.41) is 5.53. The lowest BCUT2D eigenvalue weighted by atomic mass is 9.88. The highest BCUT2D eigenvalue weighted by Crippen LogP contribution is 2.28. The fourth-order valence-corrected chi connectivity index (χ4v) is 3.20. The number of nitrogens with zero attached hydrogens (tertiary/aromatic N) is 2. The lowest BCUT2D eigenvalue weighted by Gasteiger charge is -2.21. The molecule has 1 aromatic carbocycles. The fraction of sp³-hybridized carbons (Fsp3) is 0.375. The second kappa shape index (κ2) is 6.31. The molecule has 0 N–H and O–H groups in total. The predicted octanol–water partition coefficient (Wildman–Crippen LogP) is 3.52. The summed E-state index contributed by atoms with van der Waals surface area (Å²) in [5.74, 6) is -0.227. The zero-order valence-corrected chi connectivity index (χ0v) is 13.7. The highest BCUT2D eigenvalue weighted by Gasteiger charge is 2.28. The predicted molar refractivity (Wildman–Crippen MR) is 85.3 cm³/mol. The average molecular weight is 339 g/mol. The van der Waals surface area contributed by atoms with E-state index in [1.807, 2.05) is 23.0 Å². The molecule has 1 aromatic heterocycles. The van der Waals surface area contributed by atoms with Gasteiger partial charge in [-0.3, -0.25) is 9.48 Å². The number of aryl methyl sites for hydroxylation is 1. The Balaban J connectivity index is 1.83. The maximum atomic E-state index is 11.8. The van der Waals surface area contributed by atoms with Crippen molar-refractivity contribution in [3.63, 3.8) is 0 Å². The van der Waals surface area contributed by atoms with Crippen LogP contribution >= 0.6 is 23.2 Å². The van der Waals surface area contributed by atoms with Crippen LogP contribution in [0.5, 0.6) is 0 Å². The van der Waals surface area contributed by atoms with Crippen LogP contribution in [0.2, 0.25) is 10.0 Å². The van der Waals surface area contributed by atoms with Crippen molar-refractivity contribution in [2.45, 2.75) is 25.8 Å². The summed E-state index contributed by atoms with van der Waals surface area (Å²) in [6.07, 6.45) is 4.23. The van der Waals surface area contributed by atoms with Gasteiger partial charge in [0.15, 0.2) is 0 Å². The van der Waals surface area contributed by atoms with Gasteiger partial charge in [0.25, 0.3) is 0 Å². The fourth-order valence-electron chi connectivity index (χ4n) is 2.87. The van der Waals surface area contributed by atoms with Crippen molar-refractivity contribution >= 4 is 29.2 Å². The van der Waals surface area contributed by atoms with Crippen LogP contribution in [-0.4, -0.2) is 22.9 Å². The van der Waals surface area contributed by atoms with Gasteiger partial charge in [-0.1, -0.05) is 29.3 Å². The van der Waals surface area contributed by atoms with Crippen molar-refractivity contribution < 1.29 is 9.53 Å². The van der Waals surface area contributed by atoms with Gasteiger partial charge in [-0.25, -0.2) is 0 Å². The summed E-state index contributed by atoms with van der Waals surface area (Å²) in [6.45, 7) is 0.611. The van der Waals surface area contributed by atoms with E-state index < -0.39 is 0 Å². The Morgan fingerprint density at radius 3 is 2.95 bits per heavy atom. The quantitative estimate of drug-likeness (QED) is 0.804. The maximum absolute atomic E-state index is 11.8. The average Bonchev–Trinajstić information content (AvgIpc) is 2.92. The Labute approximate surface area is 139 Å². The summed E-state index contributed by atoms with van der Waals surface area (Å²) in [7, 11) is 1.44. The van der Waals surface area contributed by atoms with Gasteiger partial charge in [0.05, 0.1) is 35.8 Å². The molecule has 0 fully saturated rings. The Morgan fingerprint density at radius 1 is 1.41 bits per heavy atom. The summed E-state index contributed by atoms with van der Waals surface area (Å²) < 4.78 is 6.80. The molecule has 2 aromatic rings. The van der Waals surface area contributed by atoms with Crippen molar-refractivity contribution in [2.75, 3.05) is 7.11 Å². The van der Waals surface area contributed by atoms with Gasteiger partial charge in [0, 0.05) is 12.1 Å². The molecule has 22 heavy (non-hydrogen) atoms. The molecule has 0 bridgehead atoms. The minimum Gasteiger partial charge on any atom is -0.469 e. The molecule has 0 radical (unpaired) electrons. The molecule has 0 unspecified atom stereocenters. The summed E-state index contributed by atoms with van der Waals surface area (Å²) in [6, 6.07) is 5.56. The largest absolute Gasteiger partial charge is 0.469 e. The molecule has 1 aliphatic carbocycles. The number of aromatic nitrogens is 2. The SMILES string of the molecule is COC(=O)[C@H]1CCc2cnn(Cc3ccc(Cl)c(Cl)c3)c2C1. The first-order valence-corrected chi connectivity index (χ1v) is 7.89. The zero-order valence-electron chi connectivity index (χ0n) is 12.2. The van der Waals surface area contributed by atoms with Crippen LogP contribution in [0, 0.1) is 5.92 Å². The minimum absolute atomic E-state index is 0.0817. The maximum Gasteiger partial charge on any atom is 0.309 e. The standard InChI is InChI=1S/C16H16Cl2N2O2/c1-22-16(21)11-3-4-12-8-19-20(15(12)7-11)9-10-2-5-13(17)14(18)6-10/h2,5-6,8,11H,3-4,7,9H2,1H3/t11-/m0/s1. The third-order valence-corrected chi connectivity index (χ3v) is 4.83. The summed E-state index contributed by atoms with van der Waals surface area (Å²) >= 11 is 12.0. The topological polar surface area (TPSA) is 44.1 Å². The van der Waals surface area contributed by atoms with Crippen LogP contribution in [-0.2, 0) is 28.9 Å². The van der Waals surface area contributed by atoms with E-state index in [1.54, 1.807) is 6.07 Å². The molecule has 0 spiro atoms. The van der Waals surface area contributed by atoms with E-state index >= 15 is 0 Å². The number of esters is 1. The third kappa shape index (κ3) is 2.99. The van der Waals surface area contributed by atoms with Gasteiger partial charge in [0.1, 0.15) is 0 Å². The second-order valence-corrected chi connectivity index (χ2v) is 6.30. The van der Waals surface area contributed by atoms with E-state index in [-0.39, 0.29) is 11.9 Å². The number of hydrogen-bond donors (Lipinski definition) is 0. The Morgan fingerprint density at radius 2 is 2.23 bits per heavy atom. The first-order chi connectivity index (χ1) is 10.6. The first-order valence-electron chi connectivity index (χ1n) is 7.14. The number of methoxy groups -OCH3 is 1. The highest BCUT2D eigenvalue weighted by atomic mass is 35.5. The van der Waals surface area contributed by atoms with Gasteiger partial charge in [-0.2, -0.15) is 5.10 Å². The van der Waals surface area contributed by atoms with E-state index in [9.17, 15) is 4.79 Å². The lowest BCUT2D eigenvalue weighted by molar-refractivity contribution is -0.145. The van der Waals surface area contributed by atoms with Crippen LogP contribution in [0.25, 0.3) is 0 Å². The van der Waals surface area contributed by atoms with Crippen LogP contribution < -0.4 is 0 Å². The number of carbonyl (C=O) groups is 1. The lowest BCUT2D eigenvalue weighted by Crippen LogP contribution is -2.25. The molecule has 3 rings (SSSR count). The number of benzene rings is 1. The molecule has 4 nitrogen and oxygen atoms in total. The number of rotatable bonds is 3. The molecule has 116 valence electrons. The van der Waals surface area contributed by atoms with Crippen LogP contribution in [0.3, 0.4) is 0 Å². The number of halogens is 2. The molecular weight excluding hydrogens is 323 g/mol. The number of hydrogen-bond acceptors (Lipinski definition) is 3. The molecular formula is C16H16Cl2N2O2. The van der Waals surface area contributed by atoms with E-state index in [1.165, 1.54) is 12.7 Å². The molecule has 6 heteroatoms. The van der Waals surface area contributed by atoms with Crippen molar-refractivity contribution in [2.24, 2.45) is 5.92 Å². The Hall–Kier alpha value is -1.52. The van der Waals surface area contributed by atoms with Crippen molar-refractivity contribution in [1.82, 2.24) is 9.78 Å². The van der Waals surface area contributed by atoms with Gasteiger partial charge in [-0.05, 0) is 36.1 Å². The number of carbonyl (C=O) groups excluding carboxylic acids is 1. The van der Waals surface area contributed by atoms with E-state index in [0.29, 0.717) is 23.0 Å². The van der Waals surface area contributed by atoms with Gasteiger partial charge >= 0.3 is 5.97 Å². The molecule has 1 aliphatic rings. The van der Waals surface area contributed by atoms with Crippen LogP contribution in [0.4, 0.5) is 0 Å². The first kappa shape index (κ1) is 15.4. The minimum atomic E-state index is -0.145. The smallest absolute Gasteiger partial charge is 0.309 e. The highest BCUT2D eigenvalue weighted by molar-refractivity contribution is 6.42. The van der Waals surface area contributed by atoms with E-state index in [0.717, 1.165) is 24.1 Å². The molecule has 0 amide bonds. The zero-order chi connectivity index (χ0) is 15.7. The van der Waals surface area contributed by atoms with Gasteiger partial charge in [0.2, 0.25) is 0 Å². The molecule has 1 atom stereocenters.